The molecular weight excluding hydrogens is 401 g/mol. The number of halogens is 1. The normalized spacial score (nSPS) is 11.0. The second kappa shape index (κ2) is 11.3. The van der Waals surface area contributed by atoms with Gasteiger partial charge < -0.3 is 16.0 Å². The molecule has 0 saturated carbocycles. The van der Waals surface area contributed by atoms with Crippen molar-refractivity contribution in [1.82, 2.24) is 9.55 Å². The zero-order valence-corrected chi connectivity index (χ0v) is 18.4. The van der Waals surface area contributed by atoms with Gasteiger partial charge in [0.15, 0.2) is 0 Å². The van der Waals surface area contributed by atoms with E-state index < -0.39 is 17.1 Å². The first-order valence-electron chi connectivity index (χ1n) is 10.7. The zero-order chi connectivity index (χ0) is 23.0. The van der Waals surface area contributed by atoms with Gasteiger partial charge in [-0.15, -0.1) is 0 Å². The van der Waals surface area contributed by atoms with E-state index >= 15 is 0 Å². The number of nitrogens with two attached hydrogens (primary N) is 1. The summed E-state index contributed by atoms with van der Waals surface area (Å²) in [4.78, 5) is 41.3. The van der Waals surface area contributed by atoms with Crippen LogP contribution in [0.4, 0.5) is 21.6 Å². The molecule has 2 aromatic rings. The van der Waals surface area contributed by atoms with Gasteiger partial charge in [-0.25, -0.2) is 9.18 Å². The van der Waals surface area contributed by atoms with Gasteiger partial charge in [0, 0.05) is 26.1 Å². The van der Waals surface area contributed by atoms with E-state index in [1.807, 2.05) is 6.92 Å². The lowest BCUT2D eigenvalue weighted by molar-refractivity contribution is -0.116. The summed E-state index contributed by atoms with van der Waals surface area (Å²) >= 11 is 0. The molecule has 31 heavy (non-hydrogen) atoms. The fourth-order valence-corrected chi connectivity index (χ4v) is 3.18. The number of carbonyl (C=O) groups is 1. The number of rotatable bonds is 11. The molecule has 2 rings (SSSR count). The number of hydrogen-bond donors (Lipinski definition) is 3. The Kier molecular flexibility index (Phi) is 8.84. The van der Waals surface area contributed by atoms with Crippen molar-refractivity contribution in [3.63, 3.8) is 0 Å². The van der Waals surface area contributed by atoms with E-state index in [1.54, 1.807) is 17.0 Å². The van der Waals surface area contributed by atoms with Crippen molar-refractivity contribution in [2.75, 3.05) is 29.0 Å². The molecule has 170 valence electrons. The van der Waals surface area contributed by atoms with E-state index in [2.05, 4.69) is 24.1 Å². The maximum absolute atomic E-state index is 13.8. The summed E-state index contributed by atoms with van der Waals surface area (Å²) in [5, 5.41) is 2.55. The highest BCUT2D eigenvalue weighted by atomic mass is 19.1. The van der Waals surface area contributed by atoms with Gasteiger partial charge in [0.05, 0.1) is 5.69 Å². The van der Waals surface area contributed by atoms with Crippen LogP contribution in [0.1, 0.15) is 46.5 Å². The van der Waals surface area contributed by atoms with Gasteiger partial charge in [-0.1, -0.05) is 39.3 Å². The highest BCUT2D eigenvalue weighted by Crippen LogP contribution is 2.19. The number of aromatic amines is 1. The molecular formula is C22H32FN5O3. The van der Waals surface area contributed by atoms with Gasteiger partial charge >= 0.3 is 5.69 Å². The van der Waals surface area contributed by atoms with E-state index in [-0.39, 0.29) is 36.1 Å². The van der Waals surface area contributed by atoms with Crippen molar-refractivity contribution in [1.29, 1.82) is 0 Å². The van der Waals surface area contributed by atoms with E-state index in [1.165, 1.54) is 16.7 Å². The van der Waals surface area contributed by atoms with Crippen LogP contribution >= 0.6 is 0 Å². The molecule has 1 amide bonds. The molecule has 0 fully saturated rings. The molecule has 4 N–H and O–H groups in total. The van der Waals surface area contributed by atoms with Crippen LogP contribution in [0.2, 0.25) is 0 Å². The Morgan fingerprint density at radius 2 is 1.97 bits per heavy atom. The molecule has 8 nitrogen and oxygen atoms in total. The van der Waals surface area contributed by atoms with Crippen molar-refractivity contribution in [3.8, 4) is 0 Å². The zero-order valence-electron chi connectivity index (χ0n) is 18.4. The van der Waals surface area contributed by atoms with Crippen molar-refractivity contribution in [2.45, 2.75) is 53.0 Å². The predicted octanol–water partition coefficient (Wildman–Crippen LogP) is 2.94. The van der Waals surface area contributed by atoms with Crippen molar-refractivity contribution in [3.05, 3.63) is 50.9 Å². The summed E-state index contributed by atoms with van der Waals surface area (Å²) in [6, 6.07) is 5.93. The minimum Gasteiger partial charge on any atom is -0.383 e. The van der Waals surface area contributed by atoms with Crippen LogP contribution in [0.25, 0.3) is 0 Å². The number of nitrogens with one attached hydrogen (secondary N) is 2. The lowest BCUT2D eigenvalue weighted by atomic mass is 10.1. The van der Waals surface area contributed by atoms with Crippen LogP contribution in [0.15, 0.2) is 33.9 Å². The quantitative estimate of drug-likeness (QED) is 0.504. The van der Waals surface area contributed by atoms with Gasteiger partial charge in [0.2, 0.25) is 5.91 Å². The largest absolute Gasteiger partial charge is 0.383 e. The Labute approximate surface area is 181 Å². The standard InChI is InChI=1S/C22H32FN5O3/c1-4-5-12-28-20(24)19(21(30)26-22(28)31)27(13-10-15(2)3)14-11-18(29)25-17-9-7-6-8-16(17)23/h6-9,15H,4-5,10-14,24H2,1-3H3,(H,25,29)(H,26,30,31). The molecule has 0 atom stereocenters. The molecule has 1 aromatic heterocycles. The maximum Gasteiger partial charge on any atom is 0.330 e. The molecule has 0 radical (unpaired) electrons. The third-order valence-corrected chi connectivity index (χ3v) is 5.00. The number of unbranched alkanes of at least 4 members (excludes halogenated alkanes) is 1. The van der Waals surface area contributed by atoms with Crippen molar-refractivity contribution < 1.29 is 9.18 Å². The summed E-state index contributed by atoms with van der Waals surface area (Å²) in [7, 11) is 0. The van der Waals surface area contributed by atoms with Crippen molar-refractivity contribution >= 4 is 23.1 Å². The minimum absolute atomic E-state index is 0.0272. The Morgan fingerprint density at radius 1 is 1.26 bits per heavy atom. The van der Waals surface area contributed by atoms with E-state index in [0.29, 0.717) is 19.0 Å². The van der Waals surface area contributed by atoms with Crippen LogP contribution in [0.3, 0.4) is 0 Å². The topological polar surface area (TPSA) is 113 Å². The Bertz CT molecular complexity index is 999. The fourth-order valence-electron chi connectivity index (χ4n) is 3.18. The van der Waals surface area contributed by atoms with Crippen LogP contribution in [0.5, 0.6) is 0 Å². The molecule has 0 aliphatic rings. The third-order valence-electron chi connectivity index (χ3n) is 5.00. The first-order valence-corrected chi connectivity index (χ1v) is 10.7. The van der Waals surface area contributed by atoms with Gasteiger partial charge in [-0.3, -0.25) is 19.1 Å². The van der Waals surface area contributed by atoms with Crippen molar-refractivity contribution in [2.24, 2.45) is 5.92 Å². The molecule has 1 heterocycles. The lowest BCUT2D eigenvalue weighted by Crippen LogP contribution is -2.40. The molecule has 1 aromatic carbocycles. The number of aromatic nitrogens is 2. The molecule has 9 heteroatoms. The number of hydrogen-bond acceptors (Lipinski definition) is 5. The number of carbonyl (C=O) groups excluding carboxylic acids is 1. The van der Waals surface area contributed by atoms with E-state index in [9.17, 15) is 18.8 Å². The van der Waals surface area contributed by atoms with Gasteiger partial charge in [0.25, 0.3) is 5.56 Å². The molecule has 0 aliphatic carbocycles. The maximum atomic E-state index is 13.8. The van der Waals surface area contributed by atoms with E-state index in [0.717, 1.165) is 19.3 Å². The molecule has 0 unspecified atom stereocenters. The predicted molar refractivity (Wildman–Crippen MR) is 122 cm³/mol. The Morgan fingerprint density at radius 3 is 2.61 bits per heavy atom. The van der Waals surface area contributed by atoms with Crippen LogP contribution < -0.4 is 27.2 Å². The second-order valence-corrected chi connectivity index (χ2v) is 7.95. The van der Waals surface area contributed by atoms with Gasteiger partial charge in [-0.2, -0.15) is 0 Å². The average Bonchev–Trinajstić information content (AvgIpc) is 2.70. The fraction of sp³-hybridized carbons (Fsp3) is 0.500. The molecule has 0 bridgehead atoms. The summed E-state index contributed by atoms with van der Waals surface area (Å²) in [5.74, 6) is -0.438. The number of anilines is 3. The van der Waals surface area contributed by atoms with Gasteiger partial charge in [0.1, 0.15) is 17.3 Å². The lowest BCUT2D eigenvalue weighted by Gasteiger charge is -2.27. The summed E-state index contributed by atoms with van der Waals surface area (Å²) < 4.78 is 15.2. The number of amides is 1. The van der Waals surface area contributed by atoms with Crippen LogP contribution in [0, 0.1) is 11.7 Å². The third kappa shape index (κ3) is 6.70. The summed E-state index contributed by atoms with van der Waals surface area (Å²) in [5.41, 5.74) is 5.41. The van der Waals surface area contributed by atoms with Crippen LogP contribution in [-0.4, -0.2) is 28.5 Å². The number of benzene rings is 1. The minimum atomic E-state index is -0.575. The Balaban J connectivity index is 2.26. The summed E-state index contributed by atoms with van der Waals surface area (Å²) in [6.07, 6.45) is 2.40. The first kappa shape index (κ1) is 24.2. The summed E-state index contributed by atoms with van der Waals surface area (Å²) in [6.45, 7) is 7.20. The monoisotopic (exact) mass is 433 g/mol. The van der Waals surface area contributed by atoms with Gasteiger partial charge in [-0.05, 0) is 30.9 Å². The number of nitrogens with zero attached hydrogens (tertiary/aromatic N) is 2. The molecule has 0 aliphatic heterocycles. The highest BCUT2D eigenvalue weighted by Gasteiger charge is 2.20. The Hall–Kier alpha value is -3.10. The number of nitrogen functional groups attached to an aromatic ring is 1. The highest BCUT2D eigenvalue weighted by molar-refractivity contribution is 5.91. The SMILES string of the molecule is CCCCn1c(N)c(N(CCC(=O)Nc2ccccc2F)CCC(C)C)c(=O)[nH]c1=O. The second-order valence-electron chi connectivity index (χ2n) is 7.95. The molecule has 0 saturated heterocycles. The average molecular weight is 434 g/mol. The smallest absolute Gasteiger partial charge is 0.330 e. The molecule has 0 spiro atoms. The van der Waals surface area contributed by atoms with E-state index in [4.69, 9.17) is 5.73 Å². The first-order chi connectivity index (χ1) is 14.7. The number of H-pyrrole nitrogens is 1. The van der Waals surface area contributed by atoms with Crippen LogP contribution in [-0.2, 0) is 11.3 Å². The number of para-hydroxylation sites is 1.